The normalized spacial score (nSPS) is 11.2. The summed E-state index contributed by atoms with van der Waals surface area (Å²) in [6.07, 6.45) is 2.51. The van der Waals surface area contributed by atoms with Crippen molar-refractivity contribution in [2.45, 2.75) is 31.5 Å². The number of hydrogen-bond donors (Lipinski definition) is 2. The number of ether oxygens (including phenoxy) is 2. The first kappa shape index (κ1) is 23.4. The van der Waals surface area contributed by atoms with Crippen LogP contribution in [0.1, 0.15) is 32.8 Å². The minimum Gasteiger partial charge on any atom is -0.490 e. The van der Waals surface area contributed by atoms with Gasteiger partial charge in [0.25, 0.3) is 5.91 Å². The number of carbonyl (C=O) groups is 1. The molecule has 1 aromatic heterocycles. The number of hydrogen-bond acceptors (Lipinski definition) is 9. The van der Waals surface area contributed by atoms with Gasteiger partial charge in [0.15, 0.2) is 15.8 Å². The van der Waals surface area contributed by atoms with Crippen LogP contribution in [-0.4, -0.2) is 41.3 Å². The number of nitrogen functional groups attached to an aromatic ring is 1. The first-order chi connectivity index (χ1) is 13.9. The second kappa shape index (κ2) is 12.0. The highest BCUT2D eigenvalue weighted by Crippen LogP contribution is 2.36. The molecule has 0 unspecified atom stereocenters. The van der Waals surface area contributed by atoms with Crippen LogP contribution in [0.5, 0.6) is 11.5 Å². The van der Waals surface area contributed by atoms with E-state index in [4.69, 9.17) is 15.2 Å². The van der Waals surface area contributed by atoms with Crippen molar-refractivity contribution in [2.75, 3.05) is 24.7 Å². The SMILES string of the molecule is CCOc1cc(C=NNC(=O)CSc2nnc(N)s2)cc(Br)c1OCCC(C)C. The number of nitrogens with one attached hydrogen (secondary N) is 1. The Bertz CT molecular complexity index is 845. The summed E-state index contributed by atoms with van der Waals surface area (Å²) in [5.74, 6) is 1.77. The highest BCUT2D eigenvalue weighted by atomic mass is 79.9. The molecule has 1 aromatic carbocycles. The third kappa shape index (κ3) is 8.19. The number of amides is 1. The number of nitrogens with zero attached hydrogens (tertiary/aromatic N) is 3. The van der Waals surface area contributed by atoms with Crippen LogP contribution in [0.15, 0.2) is 26.0 Å². The number of nitrogens with two attached hydrogens (primary N) is 1. The molecule has 0 aliphatic carbocycles. The lowest BCUT2D eigenvalue weighted by Crippen LogP contribution is -2.19. The van der Waals surface area contributed by atoms with E-state index in [1.807, 2.05) is 19.1 Å². The van der Waals surface area contributed by atoms with Gasteiger partial charge in [0, 0.05) is 0 Å². The van der Waals surface area contributed by atoms with Gasteiger partial charge in [0.05, 0.1) is 29.7 Å². The average Bonchev–Trinajstić information content (AvgIpc) is 3.07. The van der Waals surface area contributed by atoms with Crippen LogP contribution >= 0.6 is 39.0 Å². The Morgan fingerprint density at radius 2 is 2.21 bits per heavy atom. The first-order valence-corrected chi connectivity index (χ1v) is 11.6. The Morgan fingerprint density at radius 3 is 2.86 bits per heavy atom. The Morgan fingerprint density at radius 1 is 1.41 bits per heavy atom. The van der Waals surface area contributed by atoms with E-state index < -0.39 is 0 Å². The third-order valence-corrected chi connectivity index (χ3v) is 5.90. The molecule has 11 heteroatoms. The van der Waals surface area contributed by atoms with Crippen LogP contribution in [0.3, 0.4) is 0 Å². The maximum atomic E-state index is 11.9. The number of carbonyl (C=O) groups excluding carboxylic acids is 1. The fourth-order valence-corrected chi connectivity index (χ4v) is 4.08. The zero-order valence-corrected chi connectivity index (χ0v) is 19.7. The lowest BCUT2D eigenvalue weighted by atomic mass is 10.1. The van der Waals surface area contributed by atoms with Gasteiger partial charge in [0.2, 0.25) is 5.13 Å². The van der Waals surface area contributed by atoms with Crippen molar-refractivity contribution in [2.24, 2.45) is 11.0 Å². The van der Waals surface area contributed by atoms with Crippen molar-refractivity contribution in [1.82, 2.24) is 15.6 Å². The van der Waals surface area contributed by atoms with Gasteiger partial charge in [0.1, 0.15) is 0 Å². The molecule has 0 aliphatic rings. The molecule has 2 aromatic rings. The lowest BCUT2D eigenvalue weighted by molar-refractivity contribution is -0.118. The highest BCUT2D eigenvalue weighted by molar-refractivity contribution is 9.10. The topological polar surface area (TPSA) is 112 Å². The molecule has 0 aliphatic heterocycles. The molecule has 2 rings (SSSR count). The van der Waals surface area contributed by atoms with Crippen LogP contribution in [0.4, 0.5) is 5.13 Å². The average molecular weight is 502 g/mol. The summed E-state index contributed by atoms with van der Waals surface area (Å²) in [6, 6.07) is 3.69. The van der Waals surface area contributed by atoms with Crippen molar-refractivity contribution in [3.8, 4) is 11.5 Å². The zero-order valence-electron chi connectivity index (χ0n) is 16.5. The Kier molecular flexibility index (Phi) is 9.68. The van der Waals surface area contributed by atoms with Crippen molar-refractivity contribution in [3.63, 3.8) is 0 Å². The summed E-state index contributed by atoms with van der Waals surface area (Å²) in [5.41, 5.74) is 8.76. The summed E-state index contributed by atoms with van der Waals surface area (Å²) in [6.45, 7) is 7.33. The molecular weight excluding hydrogens is 478 g/mol. The van der Waals surface area contributed by atoms with Crippen LogP contribution in [0.25, 0.3) is 0 Å². The van der Waals surface area contributed by atoms with E-state index in [1.54, 1.807) is 6.21 Å². The number of thioether (sulfide) groups is 1. The molecular formula is C18H24BrN5O3S2. The zero-order chi connectivity index (χ0) is 21.2. The van der Waals surface area contributed by atoms with Crippen LogP contribution in [0.2, 0.25) is 0 Å². The summed E-state index contributed by atoms with van der Waals surface area (Å²) in [4.78, 5) is 11.9. The smallest absolute Gasteiger partial charge is 0.250 e. The maximum absolute atomic E-state index is 11.9. The molecule has 1 heterocycles. The second-order valence-electron chi connectivity index (χ2n) is 6.28. The number of anilines is 1. The number of hydrazone groups is 1. The van der Waals surface area contributed by atoms with E-state index in [0.29, 0.717) is 40.1 Å². The molecule has 0 atom stereocenters. The number of benzene rings is 1. The van der Waals surface area contributed by atoms with E-state index in [1.165, 1.54) is 23.1 Å². The quantitative estimate of drug-likeness (QED) is 0.272. The van der Waals surface area contributed by atoms with Gasteiger partial charge in [-0.05, 0) is 52.9 Å². The van der Waals surface area contributed by atoms with E-state index in [0.717, 1.165) is 16.5 Å². The van der Waals surface area contributed by atoms with Crippen LogP contribution in [-0.2, 0) is 4.79 Å². The van der Waals surface area contributed by atoms with Crippen LogP contribution < -0.4 is 20.6 Å². The largest absolute Gasteiger partial charge is 0.490 e. The molecule has 29 heavy (non-hydrogen) atoms. The third-order valence-electron chi connectivity index (χ3n) is 3.42. The molecule has 0 saturated carbocycles. The first-order valence-electron chi connectivity index (χ1n) is 9.01. The van der Waals surface area contributed by atoms with Gasteiger partial charge in [-0.2, -0.15) is 5.10 Å². The van der Waals surface area contributed by atoms with Crippen LogP contribution in [0, 0.1) is 5.92 Å². The van der Waals surface area contributed by atoms with Crippen molar-refractivity contribution >= 4 is 56.3 Å². The summed E-state index contributed by atoms with van der Waals surface area (Å²) < 4.78 is 13.0. The van der Waals surface area contributed by atoms with Gasteiger partial charge in [-0.15, -0.1) is 10.2 Å². The summed E-state index contributed by atoms with van der Waals surface area (Å²) in [5, 5.41) is 11.9. The molecule has 0 fully saturated rings. The summed E-state index contributed by atoms with van der Waals surface area (Å²) in [7, 11) is 0. The van der Waals surface area contributed by atoms with Gasteiger partial charge in [-0.3, -0.25) is 4.79 Å². The predicted octanol–water partition coefficient (Wildman–Crippen LogP) is 3.95. The van der Waals surface area contributed by atoms with E-state index in [2.05, 4.69) is 50.5 Å². The number of aromatic nitrogens is 2. The summed E-state index contributed by atoms with van der Waals surface area (Å²) >= 11 is 6.02. The molecule has 1 amide bonds. The fraction of sp³-hybridized carbons (Fsp3) is 0.444. The molecule has 8 nitrogen and oxygen atoms in total. The molecule has 0 bridgehead atoms. The van der Waals surface area contributed by atoms with Gasteiger partial charge in [-0.1, -0.05) is 36.9 Å². The van der Waals surface area contributed by atoms with Gasteiger partial charge >= 0.3 is 0 Å². The molecule has 0 radical (unpaired) electrons. The Labute approximate surface area is 186 Å². The van der Waals surface area contributed by atoms with E-state index in [9.17, 15) is 4.79 Å². The van der Waals surface area contributed by atoms with E-state index in [-0.39, 0.29) is 11.7 Å². The molecule has 158 valence electrons. The highest BCUT2D eigenvalue weighted by Gasteiger charge is 2.12. The minimum atomic E-state index is -0.252. The Hall–Kier alpha value is -1.85. The molecule has 0 spiro atoms. The standard InChI is InChI=1S/C18H24BrN5O3S2/c1-4-26-14-8-12(7-13(19)16(14)27-6-5-11(2)3)9-21-22-15(25)10-28-18-24-23-17(20)29-18/h7-9,11H,4-6,10H2,1-3H3,(H2,20,23)(H,22,25). The Balaban J connectivity index is 1.95. The minimum absolute atomic E-state index is 0.169. The molecule has 3 N–H and O–H groups in total. The monoisotopic (exact) mass is 501 g/mol. The van der Waals surface area contributed by atoms with Crippen molar-refractivity contribution in [3.05, 3.63) is 22.2 Å². The number of rotatable bonds is 11. The van der Waals surface area contributed by atoms with Gasteiger partial charge in [-0.25, -0.2) is 5.43 Å². The molecule has 0 saturated heterocycles. The predicted molar refractivity (Wildman–Crippen MR) is 121 cm³/mol. The number of halogens is 1. The fourth-order valence-electron chi connectivity index (χ4n) is 2.08. The van der Waals surface area contributed by atoms with Gasteiger partial charge < -0.3 is 15.2 Å². The maximum Gasteiger partial charge on any atom is 0.250 e. The second-order valence-corrected chi connectivity index (χ2v) is 9.37. The van der Waals surface area contributed by atoms with Crippen molar-refractivity contribution in [1.29, 1.82) is 0 Å². The van der Waals surface area contributed by atoms with Crippen molar-refractivity contribution < 1.29 is 14.3 Å². The lowest BCUT2D eigenvalue weighted by Gasteiger charge is -2.15. The van der Waals surface area contributed by atoms with E-state index >= 15 is 0 Å².